The molecule has 0 aliphatic heterocycles. The Hall–Kier alpha value is -1.64. The largest absolute Gasteiger partial charge is 0.478 e. The molecule has 0 fully saturated rings. The SMILES string of the molecule is CCN(CCC#N)Cc1sccc1C=CC(=O)O. The number of carboxylic acid groups (broad SMARTS) is 1. The lowest BCUT2D eigenvalue weighted by molar-refractivity contribution is -0.131. The fourth-order valence-corrected chi connectivity index (χ4v) is 2.46. The normalized spacial score (nSPS) is 10.9. The number of nitriles is 1. The van der Waals surface area contributed by atoms with Gasteiger partial charge in [0.2, 0.25) is 0 Å². The third-order valence-electron chi connectivity index (χ3n) is 2.54. The number of hydrogen-bond acceptors (Lipinski definition) is 4. The fourth-order valence-electron chi connectivity index (χ4n) is 1.55. The summed E-state index contributed by atoms with van der Waals surface area (Å²) in [6, 6.07) is 4.05. The number of carbonyl (C=O) groups is 1. The second-order valence-electron chi connectivity index (χ2n) is 3.75. The number of hydrogen-bond donors (Lipinski definition) is 1. The average Bonchev–Trinajstić information content (AvgIpc) is 2.79. The maximum atomic E-state index is 10.5. The van der Waals surface area contributed by atoms with E-state index in [1.807, 2.05) is 11.4 Å². The molecule has 0 unspecified atom stereocenters. The van der Waals surface area contributed by atoms with Crippen LogP contribution in [0.2, 0.25) is 0 Å². The van der Waals surface area contributed by atoms with Crippen LogP contribution < -0.4 is 0 Å². The lowest BCUT2D eigenvalue weighted by Gasteiger charge is -2.18. The Morgan fingerprint density at radius 1 is 1.67 bits per heavy atom. The van der Waals surface area contributed by atoms with Gasteiger partial charge < -0.3 is 5.11 Å². The Bertz CT molecular complexity index is 460. The van der Waals surface area contributed by atoms with Gasteiger partial charge in [-0.2, -0.15) is 5.26 Å². The van der Waals surface area contributed by atoms with E-state index in [0.717, 1.165) is 36.2 Å². The van der Waals surface area contributed by atoms with Crippen molar-refractivity contribution in [3.05, 3.63) is 28.0 Å². The van der Waals surface area contributed by atoms with E-state index in [4.69, 9.17) is 10.4 Å². The van der Waals surface area contributed by atoms with Crippen molar-refractivity contribution in [3.63, 3.8) is 0 Å². The van der Waals surface area contributed by atoms with Gasteiger partial charge in [-0.15, -0.1) is 11.3 Å². The van der Waals surface area contributed by atoms with Gasteiger partial charge in [-0.1, -0.05) is 6.92 Å². The molecular formula is C13H16N2O2S. The van der Waals surface area contributed by atoms with Crippen molar-refractivity contribution in [2.45, 2.75) is 19.9 Å². The Labute approximate surface area is 111 Å². The molecule has 0 saturated heterocycles. The third kappa shape index (κ3) is 4.70. The molecule has 1 rings (SSSR count). The Balaban J connectivity index is 2.69. The molecule has 0 radical (unpaired) electrons. The predicted octanol–water partition coefficient (Wildman–Crippen LogP) is 2.58. The standard InChI is InChI=1S/C13H16N2O2S/c1-2-15(8-3-7-14)10-12-11(6-9-18-12)4-5-13(16)17/h4-6,9H,2-3,8,10H2,1H3,(H,16,17). The molecule has 1 N–H and O–H groups in total. The highest BCUT2D eigenvalue weighted by Gasteiger charge is 2.07. The van der Waals surface area contributed by atoms with Crippen molar-refractivity contribution in [2.24, 2.45) is 0 Å². The minimum Gasteiger partial charge on any atom is -0.478 e. The molecule has 0 aliphatic carbocycles. The monoisotopic (exact) mass is 264 g/mol. The van der Waals surface area contributed by atoms with Crippen molar-refractivity contribution >= 4 is 23.4 Å². The van der Waals surface area contributed by atoms with Gasteiger partial charge in [-0.25, -0.2) is 4.79 Å². The van der Waals surface area contributed by atoms with Crippen LogP contribution in [0.5, 0.6) is 0 Å². The van der Waals surface area contributed by atoms with E-state index >= 15 is 0 Å². The molecular weight excluding hydrogens is 248 g/mol. The van der Waals surface area contributed by atoms with Crippen LogP contribution in [0, 0.1) is 11.3 Å². The lowest BCUT2D eigenvalue weighted by Crippen LogP contribution is -2.23. The van der Waals surface area contributed by atoms with Crippen molar-refractivity contribution in [1.82, 2.24) is 4.90 Å². The zero-order valence-corrected chi connectivity index (χ0v) is 11.1. The number of carboxylic acids is 1. The predicted molar refractivity (Wildman–Crippen MR) is 72.2 cm³/mol. The lowest BCUT2D eigenvalue weighted by atomic mass is 10.2. The number of rotatable bonds is 7. The maximum absolute atomic E-state index is 10.5. The zero-order valence-electron chi connectivity index (χ0n) is 10.3. The van der Waals surface area contributed by atoms with E-state index in [1.54, 1.807) is 17.4 Å². The Kier molecular flexibility index (Phi) is 6.12. The van der Waals surface area contributed by atoms with Gasteiger partial charge in [0.1, 0.15) is 0 Å². The minimum atomic E-state index is -0.941. The van der Waals surface area contributed by atoms with Gasteiger partial charge in [-0.3, -0.25) is 4.90 Å². The molecule has 1 heterocycles. The third-order valence-corrected chi connectivity index (χ3v) is 3.46. The molecule has 96 valence electrons. The summed E-state index contributed by atoms with van der Waals surface area (Å²) in [5.41, 5.74) is 0.942. The van der Waals surface area contributed by atoms with Crippen LogP contribution in [0.1, 0.15) is 23.8 Å². The second kappa shape index (κ2) is 7.64. The maximum Gasteiger partial charge on any atom is 0.328 e. The molecule has 0 amide bonds. The van der Waals surface area contributed by atoms with Gasteiger partial charge in [0, 0.05) is 30.5 Å². The molecule has 0 bridgehead atoms. The highest BCUT2D eigenvalue weighted by Crippen LogP contribution is 2.20. The first kappa shape index (κ1) is 14.4. The molecule has 0 aliphatic rings. The van der Waals surface area contributed by atoms with E-state index in [0.29, 0.717) is 6.42 Å². The van der Waals surface area contributed by atoms with Crippen LogP contribution in [0.15, 0.2) is 17.5 Å². The molecule has 1 aromatic rings. The highest BCUT2D eigenvalue weighted by atomic mass is 32.1. The van der Waals surface area contributed by atoms with Crippen molar-refractivity contribution < 1.29 is 9.90 Å². The van der Waals surface area contributed by atoms with Crippen LogP contribution in [0.25, 0.3) is 6.08 Å². The highest BCUT2D eigenvalue weighted by molar-refractivity contribution is 7.10. The van der Waals surface area contributed by atoms with E-state index in [9.17, 15) is 4.79 Å². The number of nitrogens with zero attached hydrogens (tertiary/aromatic N) is 2. The second-order valence-corrected chi connectivity index (χ2v) is 4.75. The number of aliphatic carboxylic acids is 1. The van der Waals surface area contributed by atoms with Crippen LogP contribution in [0.4, 0.5) is 0 Å². The summed E-state index contributed by atoms with van der Waals surface area (Å²) in [5, 5.41) is 19.2. The molecule has 5 heteroatoms. The van der Waals surface area contributed by atoms with Gasteiger partial charge >= 0.3 is 5.97 Å². The van der Waals surface area contributed by atoms with Crippen molar-refractivity contribution in [1.29, 1.82) is 5.26 Å². The smallest absolute Gasteiger partial charge is 0.328 e. The van der Waals surface area contributed by atoms with E-state index in [2.05, 4.69) is 17.9 Å². The van der Waals surface area contributed by atoms with Crippen LogP contribution in [-0.4, -0.2) is 29.1 Å². The fraction of sp³-hybridized carbons (Fsp3) is 0.385. The van der Waals surface area contributed by atoms with Crippen molar-refractivity contribution in [3.8, 4) is 6.07 Å². The van der Waals surface area contributed by atoms with E-state index < -0.39 is 5.97 Å². The minimum absolute atomic E-state index is 0.513. The summed E-state index contributed by atoms with van der Waals surface area (Å²) in [4.78, 5) is 13.8. The summed E-state index contributed by atoms with van der Waals surface area (Å²) in [6.07, 6.45) is 3.28. The summed E-state index contributed by atoms with van der Waals surface area (Å²) in [7, 11) is 0. The molecule has 1 aromatic heterocycles. The molecule has 4 nitrogen and oxygen atoms in total. The van der Waals surface area contributed by atoms with Gasteiger partial charge in [0.25, 0.3) is 0 Å². The first-order valence-corrected chi connectivity index (χ1v) is 6.62. The summed E-state index contributed by atoms with van der Waals surface area (Å²) in [5.74, 6) is -0.941. The summed E-state index contributed by atoms with van der Waals surface area (Å²) in [6.45, 7) is 4.43. The zero-order chi connectivity index (χ0) is 13.4. The molecule has 0 atom stereocenters. The first-order chi connectivity index (χ1) is 8.67. The van der Waals surface area contributed by atoms with Crippen LogP contribution >= 0.6 is 11.3 Å². The molecule has 18 heavy (non-hydrogen) atoms. The van der Waals surface area contributed by atoms with Gasteiger partial charge in [0.05, 0.1) is 6.07 Å². The average molecular weight is 264 g/mol. The molecule has 0 spiro atoms. The van der Waals surface area contributed by atoms with Crippen LogP contribution in [-0.2, 0) is 11.3 Å². The van der Waals surface area contributed by atoms with Crippen molar-refractivity contribution in [2.75, 3.05) is 13.1 Å². The summed E-state index contributed by atoms with van der Waals surface area (Å²) >= 11 is 1.61. The van der Waals surface area contributed by atoms with E-state index in [-0.39, 0.29) is 0 Å². The van der Waals surface area contributed by atoms with E-state index in [1.165, 1.54) is 0 Å². The van der Waals surface area contributed by atoms with Crippen LogP contribution in [0.3, 0.4) is 0 Å². The quantitative estimate of drug-likeness (QED) is 0.769. The number of thiophene rings is 1. The molecule has 0 aromatic carbocycles. The van der Waals surface area contributed by atoms with Gasteiger partial charge in [-0.05, 0) is 29.6 Å². The molecule has 0 saturated carbocycles. The Morgan fingerprint density at radius 3 is 3.06 bits per heavy atom. The topological polar surface area (TPSA) is 64.3 Å². The Morgan fingerprint density at radius 2 is 2.44 bits per heavy atom. The summed E-state index contributed by atoms with van der Waals surface area (Å²) < 4.78 is 0. The first-order valence-electron chi connectivity index (χ1n) is 5.74. The van der Waals surface area contributed by atoms with Gasteiger partial charge in [0.15, 0.2) is 0 Å².